The molecule has 0 N–H and O–H groups in total. The summed E-state index contributed by atoms with van der Waals surface area (Å²) in [6.45, 7) is 4.37. The minimum Gasteiger partial charge on any atom is -0.341 e. The summed E-state index contributed by atoms with van der Waals surface area (Å²) in [6, 6.07) is 17.4. The summed E-state index contributed by atoms with van der Waals surface area (Å²) in [6.07, 6.45) is 1.45. The standard InChI is InChI=1S/C24H25BrN4O2/c25-21-4-1-2-5-22(21)29-13-10-20(24(29)31)23(30)28-12-3-11-27(14-15-28)17-19-8-6-18(16-26)7-9-19/h1-2,4-9,20H,3,10-15,17H2. The molecular formula is C24H25BrN4O2. The van der Waals surface area contributed by atoms with Crippen molar-refractivity contribution in [1.29, 1.82) is 5.26 Å². The van der Waals surface area contributed by atoms with Crippen LogP contribution in [0.1, 0.15) is 24.0 Å². The molecule has 0 radical (unpaired) electrons. The van der Waals surface area contributed by atoms with Gasteiger partial charge in [0.25, 0.3) is 0 Å². The van der Waals surface area contributed by atoms with Gasteiger partial charge in [-0.3, -0.25) is 14.5 Å². The van der Waals surface area contributed by atoms with E-state index >= 15 is 0 Å². The fourth-order valence-corrected chi connectivity index (χ4v) is 4.83. The lowest BCUT2D eigenvalue weighted by atomic mass is 10.1. The van der Waals surface area contributed by atoms with Crippen molar-refractivity contribution in [3.63, 3.8) is 0 Å². The second kappa shape index (κ2) is 9.63. The molecule has 0 saturated carbocycles. The average molecular weight is 481 g/mol. The first-order valence-corrected chi connectivity index (χ1v) is 11.4. The first kappa shape index (κ1) is 21.5. The van der Waals surface area contributed by atoms with Crippen LogP contribution in [0, 0.1) is 17.2 Å². The summed E-state index contributed by atoms with van der Waals surface area (Å²) in [5.74, 6) is -0.729. The van der Waals surface area contributed by atoms with E-state index in [0.717, 1.165) is 41.8 Å². The normalized spacial score (nSPS) is 19.9. The molecule has 2 heterocycles. The Morgan fingerprint density at radius 3 is 2.55 bits per heavy atom. The van der Waals surface area contributed by atoms with E-state index in [4.69, 9.17) is 5.26 Å². The van der Waals surface area contributed by atoms with Crippen LogP contribution in [0.5, 0.6) is 0 Å². The summed E-state index contributed by atoms with van der Waals surface area (Å²) in [4.78, 5) is 32.1. The van der Waals surface area contributed by atoms with Crippen molar-refractivity contribution in [2.45, 2.75) is 19.4 Å². The molecule has 2 aromatic carbocycles. The maximum Gasteiger partial charge on any atom is 0.239 e. The molecule has 2 aliphatic rings. The van der Waals surface area contributed by atoms with Gasteiger partial charge >= 0.3 is 0 Å². The summed E-state index contributed by atoms with van der Waals surface area (Å²) in [7, 11) is 0. The molecule has 0 bridgehead atoms. The van der Waals surface area contributed by atoms with Gasteiger partial charge in [0.2, 0.25) is 11.8 Å². The van der Waals surface area contributed by atoms with Crippen LogP contribution in [0.2, 0.25) is 0 Å². The molecule has 160 valence electrons. The van der Waals surface area contributed by atoms with Crippen LogP contribution in [-0.2, 0) is 16.1 Å². The number of carbonyl (C=O) groups is 2. The maximum atomic E-state index is 13.2. The number of para-hydroxylation sites is 1. The molecule has 1 unspecified atom stereocenters. The summed E-state index contributed by atoms with van der Waals surface area (Å²) in [5.41, 5.74) is 2.65. The van der Waals surface area contributed by atoms with Gasteiger partial charge in [-0.25, -0.2) is 0 Å². The number of carbonyl (C=O) groups excluding carboxylic acids is 2. The van der Waals surface area contributed by atoms with Crippen molar-refractivity contribution in [2.24, 2.45) is 5.92 Å². The minimum absolute atomic E-state index is 0.0419. The molecule has 7 heteroatoms. The Kier molecular flexibility index (Phi) is 6.69. The highest BCUT2D eigenvalue weighted by Crippen LogP contribution is 2.32. The predicted molar refractivity (Wildman–Crippen MR) is 122 cm³/mol. The molecule has 0 spiro atoms. The Morgan fingerprint density at radius 1 is 1.03 bits per heavy atom. The van der Waals surface area contributed by atoms with Gasteiger partial charge < -0.3 is 9.80 Å². The predicted octanol–water partition coefficient (Wildman–Crippen LogP) is 3.41. The Morgan fingerprint density at radius 2 is 1.81 bits per heavy atom. The van der Waals surface area contributed by atoms with Gasteiger partial charge in [-0.1, -0.05) is 24.3 Å². The number of halogens is 1. The van der Waals surface area contributed by atoms with Gasteiger partial charge in [-0.05, 0) is 58.6 Å². The van der Waals surface area contributed by atoms with Crippen LogP contribution < -0.4 is 4.90 Å². The monoisotopic (exact) mass is 480 g/mol. The molecule has 1 atom stereocenters. The number of anilines is 1. The number of benzene rings is 2. The van der Waals surface area contributed by atoms with Crippen LogP contribution in [0.15, 0.2) is 53.0 Å². The third kappa shape index (κ3) is 4.81. The molecule has 2 saturated heterocycles. The van der Waals surface area contributed by atoms with Gasteiger partial charge in [0.05, 0.1) is 17.3 Å². The number of hydrogen-bond donors (Lipinski definition) is 0. The molecule has 2 fully saturated rings. The number of nitriles is 1. The second-order valence-electron chi connectivity index (χ2n) is 8.05. The third-order valence-corrected chi connectivity index (χ3v) is 6.71. The van der Waals surface area contributed by atoms with Gasteiger partial charge in [0.15, 0.2) is 0 Å². The fraction of sp³-hybridized carbons (Fsp3) is 0.375. The first-order valence-electron chi connectivity index (χ1n) is 10.6. The maximum absolute atomic E-state index is 13.2. The minimum atomic E-state index is -0.586. The smallest absolute Gasteiger partial charge is 0.239 e. The Balaban J connectivity index is 1.36. The topological polar surface area (TPSA) is 67.7 Å². The van der Waals surface area contributed by atoms with Crippen molar-refractivity contribution in [3.8, 4) is 6.07 Å². The number of amides is 2. The van der Waals surface area contributed by atoms with E-state index in [2.05, 4.69) is 26.9 Å². The van der Waals surface area contributed by atoms with Crippen molar-refractivity contribution in [1.82, 2.24) is 9.80 Å². The van der Waals surface area contributed by atoms with Gasteiger partial charge in [0.1, 0.15) is 5.92 Å². The van der Waals surface area contributed by atoms with E-state index in [1.54, 1.807) is 4.90 Å². The van der Waals surface area contributed by atoms with E-state index in [9.17, 15) is 9.59 Å². The average Bonchev–Trinajstić information content (AvgIpc) is 3.01. The molecule has 31 heavy (non-hydrogen) atoms. The van der Waals surface area contributed by atoms with E-state index in [0.29, 0.717) is 31.6 Å². The zero-order valence-corrected chi connectivity index (χ0v) is 18.9. The van der Waals surface area contributed by atoms with Crippen LogP contribution in [-0.4, -0.2) is 54.3 Å². The van der Waals surface area contributed by atoms with E-state index < -0.39 is 5.92 Å². The van der Waals surface area contributed by atoms with Crippen molar-refractivity contribution in [3.05, 3.63) is 64.1 Å². The number of rotatable bonds is 4. The van der Waals surface area contributed by atoms with Crippen LogP contribution in [0.25, 0.3) is 0 Å². The Hall–Kier alpha value is -2.69. The SMILES string of the molecule is N#Cc1ccc(CN2CCCN(C(=O)C3CCN(c4ccccc4Br)C3=O)CC2)cc1. The zero-order valence-electron chi connectivity index (χ0n) is 17.3. The Labute approximate surface area is 191 Å². The highest BCUT2D eigenvalue weighted by Gasteiger charge is 2.40. The lowest BCUT2D eigenvalue weighted by molar-refractivity contribution is -0.139. The quantitative estimate of drug-likeness (QED) is 0.628. The first-order chi connectivity index (χ1) is 15.1. The summed E-state index contributed by atoms with van der Waals surface area (Å²) >= 11 is 3.51. The Bertz CT molecular complexity index is 1000. The van der Waals surface area contributed by atoms with Crippen molar-refractivity contribution < 1.29 is 9.59 Å². The number of hydrogen-bond acceptors (Lipinski definition) is 4. The van der Waals surface area contributed by atoms with Gasteiger partial charge in [0, 0.05) is 43.7 Å². The van der Waals surface area contributed by atoms with Crippen molar-refractivity contribution in [2.75, 3.05) is 37.6 Å². The van der Waals surface area contributed by atoms with Crippen LogP contribution in [0.3, 0.4) is 0 Å². The zero-order chi connectivity index (χ0) is 21.8. The third-order valence-electron chi connectivity index (χ3n) is 6.04. The van der Waals surface area contributed by atoms with Gasteiger partial charge in [-0.2, -0.15) is 5.26 Å². The molecule has 6 nitrogen and oxygen atoms in total. The molecule has 2 aliphatic heterocycles. The molecule has 4 rings (SSSR count). The number of nitrogens with zero attached hydrogens (tertiary/aromatic N) is 4. The highest BCUT2D eigenvalue weighted by molar-refractivity contribution is 9.10. The summed E-state index contributed by atoms with van der Waals surface area (Å²) in [5, 5.41) is 8.94. The molecule has 0 aromatic heterocycles. The fourth-order valence-electron chi connectivity index (χ4n) is 4.33. The van der Waals surface area contributed by atoms with Crippen LogP contribution in [0.4, 0.5) is 5.69 Å². The molecule has 2 amide bonds. The van der Waals surface area contributed by atoms with E-state index in [1.807, 2.05) is 53.4 Å². The van der Waals surface area contributed by atoms with Crippen molar-refractivity contribution >= 4 is 33.4 Å². The lowest BCUT2D eigenvalue weighted by Crippen LogP contribution is -2.42. The molecule has 0 aliphatic carbocycles. The van der Waals surface area contributed by atoms with E-state index in [-0.39, 0.29) is 11.8 Å². The molecule has 2 aromatic rings. The van der Waals surface area contributed by atoms with E-state index in [1.165, 1.54) is 0 Å². The van der Waals surface area contributed by atoms with Gasteiger partial charge in [-0.15, -0.1) is 0 Å². The second-order valence-corrected chi connectivity index (χ2v) is 8.90. The summed E-state index contributed by atoms with van der Waals surface area (Å²) < 4.78 is 0.865. The highest BCUT2D eigenvalue weighted by atomic mass is 79.9. The molecular weight excluding hydrogens is 456 g/mol. The lowest BCUT2D eigenvalue weighted by Gasteiger charge is -2.24. The van der Waals surface area contributed by atoms with Crippen LogP contribution >= 0.6 is 15.9 Å². The largest absolute Gasteiger partial charge is 0.341 e.